The Labute approximate surface area is 118 Å². The number of rotatable bonds is 4. The normalized spacial score (nSPS) is 11.7. The standard InChI is InChI=1S/C17H17NO2/c1-12(2)13-5-7-14(8-6-13)16(19)10-17(20)15-4-3-9-18-11-15/h3-12,20H,1-2H3. The Morgan fingerprint density at radius 1 is 1.15 bits per heavy atom. The molecule has 3 heteroatoms. The molecule has 0 aliphatic rings. The fourth-order valence-corrected chi connectivity index (χ4v) is 1.84. The van der Waals surface area contributed by atoms with Crippen molar-refractivity contribution < 1.29 is 9.90 Å². The van der Waals surface area contributed by atoms with E-state index in [0.29, 0.717) is 17.0 Å². The van der Waals surface area contributed by atoms with Gasteiger partial charge in [-0.15, -0.1) is 0 Å². The van der Waals surface area contributed by atoms with Gasteiger partial charge in [0.2, 0.25) is 0 Å². The van der Waals surface area contributed by atoms with Crippen LogP contribution in [0.4, 0.5) is 0 Å². The molecule has 1 aromatic heterocycles. The van der Waals surface area contributed by atoms with Crippen molar-refractivity contribution in [2.45, 2.75) is 19.8 Å². The quantitative estimate of drug-likeness (QED) is 0.517. The summed E-state index contributed by atoms with van der Waals surface area (Å²) in [4.78, 5) is 16.0. The molecule has 1 heterocycles. The van der Waals surface area contributed by atoms with Crippen molar-refractivity contribution in [3.05, 3.63) is 71.6 Å². The van der Waals surface area contributed by atoms with Gasteiger partial charge in [-0.25, -0.2) is 0 Å². The Hall–Kier alpha value is -2.42. The third-order valence-corrected chi connectivity index (χ3v) is 3.09. The van der Waals surface area contributed by atoms with Crippen LogP contribution in [-0.2, 0) is 0 Å². The van der Waals surface area contributed by atoms with Crippen LogP contribution in [0.15, 0.2) is 54.9 Å². The van der Waals surface area contributed by atoms with Gasteiger partial charge in [-0.2, -0.15) is 0 Å². The lowest BCUT2D eigenvalue weighted by atomic mass is 10.00. The molecule has 0 saturated heterocycles. The largest absolute Gasteiger partial charge is 0.507 e. The Bertz CT molecular complexity index is 613. The zero-order valence-electron chi connectivity index (χ0n) is 11.6. The number of carbonyl (C=O) groups excluding carboxylic acids is 1. The summed E-state index contributed by atoms with van der Waals surface area (Å²) in [5, 5.41) is 9.90. The van der Waals surface area contributed by atoms with Crippen molar-refractivity contribution in [3.63, 3.8) is 0 Å². The van der Waals surface area contributed by atoms with E-state index in [1.807, 2.05) is 12.1 Å². The summed E-state index contributed by atoms with van der Waals surface area (Å²) in [6, 6.07) is 10.9. The Morgan fingerprint density at radius 3 is 2.40 bits per heavy atom. The molecule has 0 bridgehead atoms. The lowest BCUT2D eigenvalue weighted by Crippen LogP contribution is -1.98. The first kappa shape index (κ1) is 14.0. The van der Waals surface area contributed by atoms with Crippen LogP contribution in [0.1, 0.15) is 41.3 Å². The van der Waals surface area contributed by atoms with Gasteiger partial charge in [0.15, 0.2) is 5.78 Å². The maximum absolute atomic E-state index is 12.1. The molecule has 102 valence electrons. The van der Waals surface area contributed by atoms with E-state index in [4.69, 9.17) is 0 Å². The SMILES string of the molecule is CC(C)c1ccc(C(=O)C=C(O)c2cccnc2)cc1. The van der Waals surface area contributed by atoms with Gasteiger partial charge in [0, 0.05) is 29.6 Å². The predicted octanol–water partition coefficient (Wildman–Crippen LogP) is 3.99. The zero-order chi connectivity index (χ0) is 14.5. The number of allylic oxidation sites excluding steroid dienone is 1. The number of benzene rings is 1. The highest BCUT2D eigenvalue weighted by atomic mass is 16.3. The number of aliphatic hydroxyl groups excluding tert-OH is 1. The number of aromatic nitrogens is 1. The average Bonchev–Trinajstić information content (AvgIpc) is 2.48. The maximum atomic E-state index is 12.1. The number of hydrogen-bond acceptors (Lipinski definition) is 3. The molecule has 2 rings (SSSR count). The van der Waals surface area contributed by atoms with E-state index in [0.717, 1.165) is 0 Å². The molecule has 0 atom stereocenters. The average molecular weight is 267 g/mol. The summed E-state index contributed by atoms with van der Waals surface area (Å²) in [6.45, 7) is 4.20. The van der Waals surface area contributed by atoms with Gasteiger partial charge in [-0.1, -0.05) is 38.1 Å². The highest BCUT2D eigenvalue weighted by Gasteiger charge is 2.07. The van der Waals surface area contributed by atoms with Crippen molar-refractivity contribution >= 4 is 11.5 Å². The number of aliphatic hydroxyl groups is 1. The van der Waals surface area contributed by atoms with Gasteiger partial charge < -0.3 is 5.11 Å². The van der Waals surface area contributed by atoms with Crippen molar-refractivity contribution in [3.8, 4) is 0 Å². The minimum atomic E-state index is -0.221. The van der Waals surface area contributed by atoms with Gasteiger partial charge in [0.25, 0.3) is 0 Å². The predicted molar refractivity (Wildman–Crippen MR) is 79.7 cm³/mol. The molecule has 20 heavy (non-hydrogen) atoms. The van der Waals surface area contributed by atoms with E-state index in [2.05, 4.69) is 18.8 Å². The molecule has 2 aromatic rings. The van der Waals surface area contributed by atoms with Crippen LogP contribution >= 0.6 is 0 Å². The molecule has 0 unspecified atom stereocenters. The minimum Gasteiger partial charge on any atom is -0.507 e. The number of carbonyl (C=O) groups is 1. The number of nitrogens with zero attached hydrogens (tertiary/aromatic N) is 1. The second-order valence-electron chi connectivity index (χ2n) is 4.91. The summed E-state index contributed by atoms with van der Waals surface area (Å²) >= 11 is 0. The summed E-state index contributed by atoms with van der Waals surface area (Å²) in [5.74, 6) is 0.135. The maximum Gasteiger partial charge on any atom is 0.189 e. The highest BCUT2D eigenvalue weighted by Crippen LogP contribution is 2.16. The number of hydrogen-bond donors (Lipinski definition) is 1. The second kappa shape index (κ2) is 6.15. The van der Waals surface area contributed by atoms with Gasteiger partial charge in [0.1, 0.15) is 5.76 Å². The molecule has 0 saturated carbocycles. The van der Waals surface area contributed by atoms with Crippen molar-refractivity contribution in [1.29, 1.82) is 0 Å². The van der Waals surface area contributed by atoms with Crippen molar-refractivity contribution in [1.82, 2.24) is 4.98 Å². The molecule has 0 spiro atoms. The lowest BCUT2D eigenvalue weighted by molar-refractivity contribution is 0.104. The van der Waals surface area contributed by atoms with E-state index in [-0.39, 0.29) is 11.5 Å². The molecule has 0 aliphatic heterocycles. The van der Waals surface area contributed by atoms with Crippen LogP contribution in [-0.4, -0.2) is 15.9 Å². The highest BCUT2D eigenvalue weighted by molar-refractivity contribution is 6.07. The number of ketones is 1. The second-order valence-corrected chi connectivity index (χ2v) is 4.91. The molecule has 0 amide bonds. The summed E-state index contributed by atoms with van der Waals surface area (Å²) in [6.07, 6.45) is 4.35. The summed E-state index contributed by atoms with van der Waals surface area (Å²) in [5.41, 5.74) is 2.27. The Balaban J connectivity index is 2.19. The van der Waals surface area contributed by atoms with Crippen molar-refractivity contribution in [2.24, 2.45) is 0 Å². The molecule has 3 nitrogen and oxygen atoms in total. The first-order chi connectivity index (χ1) is 9.58. The smallest absolute Gasteiger partial charge is 0.189 e. The van der Waals surface area contributed by atoms with E-state index in [1.54, 1.807) is 30.5 Å². The van der Waals surface area contributed by atoms with E-state index in [9.17, 15) is 9.90 Å². The monoisotopic (exact) mass is 267 g/mol. The van der Waals surface area contributed by atoms with Crippen LogP contribution in [0.5, 0.6) is 0 Å². The van der Waals surface area contributed by atoms with Crippen LogP contribution in [0, 0.1) is 0 Å². The third-order valence-electron chi connectivity index (χ3n) is 3.09. The van der Waals surface area contributed by atoms with Crippen molar-refractivity contribution in [2.75, 3.05) is 0 Å². The zero-order valence-corrected chi connectivity index (χ0v) is 11.6. The summed E-state index contributed by atoms with van der Waals surface area (Å²) < 4.78 is 0. The van der Waals surface area contributed by atoms with E-state index < -0.39 is 0 Å². The lowest BCUT2D eigenvalue weighted by Gasteiger charge is -2.05. The fourth-order valence-electron chi connectivity index (χ4n) is 1.84. The van der Waals surface area contributed by atoms with Gasteiger partial charge >= 0.3 is 0 Å². The molecule has 1 N–H and O–H groups in total. The third kappa shape index (κ3) is 3.32. The molecule has 0 fully saturated rings. The fraction of sp³-hybridized carbons (Fsp3) is 0.176. The first-order valence-corrected chi connectivity index (χ1v) is 6.53. The molecule has 0 radical (unpaired) electrons. The topological polar surface area (TPSA) is 50.2 Å². The summed E-state index contributed by atoms with van der Waals surface area (Å²) in [7, 11) is 0. The van der Waals surface area contributed by atoms with Gasteiger partial charge in [0.05, 0.1) is 0 Å². The first-order valence-electron chi connectivity index (χ1n) is 6.53. The van der Waals surface area contributed by atoms with Crippen LogP contribution in [0.3, 0.4) is 0 Å². The van der Waals surface area contributed by atoms with Crippen LogP contribution in [0.2, 0.25) is 0 Å². The molecule has 0 aliphatic carbocycles. The number of pyridine rings is 1. The Morgan fingerprint density at radius 2 is 1.85 bits per heavy atom. The van der Waals surface area contributed by atoms with Crippen LogP contribution in [0.25, 0.3) is 5.76 Å². The van der Waals surface area contributed by atoms with Crippen LogP contribution < -0.4 is 0 Å². The molecular weight excluding hydrogens is 250 g/mol. The molecular formula is C17H17NO2. The molecule has 1 aromatic carbocycles. The van der Waals surface area contributed by atoms with Gasteiger partial charge in [-0.05, 0) is 23.6 Å². The minimum absolute atomic E-state index is 0.0731. The van der Waals surface area contributed by atoms with E-state index in [1.165, 1.54) is 17.8 Å². The van der Waals surface area contributed by atoms with E-state index >= 15 is 0 Å². The van der Waals surface area contributed by atoms with Gasteiger partial charge in [-0.3, -0.25) is 9.78 Å². The Kier molecular flexibility index (Phi) is 4.31.